The molecule has 0 aromatic heterocycles. The molecule has 1 N–H and O–H groups in total. The number of rotatable bonds is 16. The summed E-state index contributed by atoms with van der Waals surface area (Å²) in [6.45, 7) is 17.4. The maximum atomic E-state index is 12.6. The Balaban J connectivity index is 1.81. The Bertz CT molecular complexity index is 1430. The molecule has 11 nitrogen and oxygen atoms in total. The number of carbonyl (C=O) groups excluding carboxylic acids is 4. The SMILES string of the molecule is CC(=O)OCC1O[C@@H](OCC(C)(C)CC(C)(C)CCC(C)(C)[Si](O)(c2ccccc2)c2ccccc2)C(OC(C)=O)C(OC(C)=O)[C@H]1OC(C)=O. The first-order chi connectivity index (χ1) is 23.7. The quantitative estimate of drug-likeness (QED) is 0.144. The largest absolute Gasteiger partial charge is 0.463 e. The zero-order valence-electron chi connectivity index (χ0n) is 31.7. The molecule has 2 aromatic carbocycles. The zero-order chi connectivity index (χ0) is 38.2. The van der Waals surface area contributed by atoms with Gasteiger partial charge in [-0.25, -0.2) is 0 Å². The van der Waals surface area contributed by atoms with Gasteiger partial charge in [0.1, 0.15) is 12.7 Å². The van der Waals surface area contributed by atoms with Crippen LogP contribution >= 0.6 is 0 Å². The average Bonchev–Trinajstić information content (AvgIpc) is 3.03. The third-order valence-electron chi connectivity index (χ3n) is 9.33. The number of benzene rings is 2. The fourth-order valence-corrected chi connectivity index (χ4v) is 10.9. The van der Waals surface area contributed by atoms with E-state index in [1.807, 2.05) is 60.7 Å². The van der Waals surface area contributed by atoms with E-state index in [0.717, 1.165) is 29.6 Å². The molecule has 1 saturated heterocycles. The molecule has 1 fully saturated rings. The summed E-state index contributed by atoms with van der Waals surface area (Å²) in [5.74, 6) is -2.69. The van der Waals surface area contributed by atoms with Gasteiger partial charge in [-0.05, 0) is 45.5 Å². The van der Waals surface area contributed by atoms with Gasteiger partial charge in [0, 0.05) is 27.7 Å². The van der Waals surface area contributed by atoms with Crippen LogP contribution in [0, 0.1) is 10.8 Å². The molecule has 51 heavy (non-hydrogen) atoms. The van der Waals surface area contributed by atoms with Gasteiger partial charge in [-0.2, -0.15) is 0 Å². The highest BCUT2D eigenvalue weighted by Crippen LogP contribution is 2.46. The molecule has 282 valence electrons. The van der Waals surface area contributed by atoms with Crippen molar-refractivity contribution in [3.63, 3.8) is 0 Å². The number of hydrogen-bond donors (Lipinski definition) is 1. The molecule has 3 rings (SSSR count). The van der Waals surface area contributed by atoms with Crippen molar-refractivity contribution >= 4 is 42.6 Å². The Kier molecular flexibility index (Phi) is 14.2. The minimum atomic E-state index is -3.18. The van der Waals surface area contributed by atoms with E-state index < -0.39 is 73.4 Å². The molecule has 1 heterocycles. The predicted molar refractivity (Wildman–Crippen MR) is 193 cm³/mol. The molecular weight excluding hydrogens is 673 g/mol. The minimum Gasteiger partial charge on any atom is -0.463 e. The second-order valence-corrected chi connectivity index (χ2v) is 19.6. The van der Waals surface area contributed by atoms with Crippen LogP contribution in [-0.4, -0.2) is 80.9 Å². The molecule has 0 amide bonds. The maximum absolute atomic E-state index is 12.6. The molecule has 3 unspecified atom stereocenters. The summed E-state index contributed by atoms with van der Waals surface area (Å²) in [7, 11) is -3.18. The fraction of sp³-hybridized carbons (Fsp3) is 0.590. The van der Waals surface area contributed by atoms with Crippen molar-refractivity contribution in [2.24, 2.45) is 10.8 Å². The molecule has 1 aliphatic heterocycles. The summed E-state index contributed by atoms with van der Waals surface area (Å²) in [5.41, 5.74) is -0.618. The molecule has 0 saturated carbocycles. The summed E-state index contributed by atoms with van der Waals surface area (Å²) in [6, 6.07) is 19.9. The van der Waals surface area contributed by atoms with E-state index in [1.54, 1.807) is 0 Å². The monoisotopic (exact) mass is 728 g/mol. The summed E-state index contributed by atoms with van der Waals surface area (Å²) >= 11 is 0. The van der Waals surface area contributed by atoms with E-state index in [4.69, 9.17) is 28.4 Å². The molecule has 0 bridgehead atoms. The summed E-state index contributed by atoms with van der Waals surface area (Å²) in [4.78, 5) is 60.8. The highest BCUT2D eigenvalue weighted by Gasteiger charge is 2.53. The first-order valence-corrected chi connectivity index (χ1v) is 19.4. The van der Waals surface area contributed by atoms with Crippen LogP contribution < -0.4 is 10.4 Å². The Morgan fingerprint density at radius 2 is 1.14 bits per heavy atom. The zero-order valence-corrected chi connectivity index (χ0v) is 32.7. The van der Waals surface area contributed by atoms with Crippen LogP contribution in [0.2, 0.25) is 5.04 Å². The highest BCUT2D eigenvalue weighted by molar-refractivity contribution is 6.98. The number of esters is 4. The summed E-state index contributed by atoms with van der Waals surface area (Å²) in [6.07, 6.45) is -3.86. The lowest BCUT2D eigenvalue weighted by atomic mass is 9.72. The van der Waals surface area contributed by atoms with Gasteiger partial charge in [-0.3, -0.25) is 19.2 Å². The third kappa shape index (κ3) is 11.5. The molecule has 5 atom stereocenters. The molecule has 12 heteroatoms. The van der Waals surface area contributed by atoms with Crippen LogP contribution in [-0.2, 0) is 47.6 Å². The second kappa shape index (κ2) is 17.3. The molecule has 0 aliphatic carbocycles. The van der Waals surface area contributed by atoms with E-state index in [0.29, 0.717) is 0 Å². The average molecular weight is 729 g/mol. The maximum Gasteiger partial charge on any atom is 0.303 e. The smallest absolute Gasteiger partial charge is 0.303 e. The van der Waals surface area contributed by atoms with Crippen molar-refractivity contribution in [1.82, 2.24) is 0 Å². The standard InChI is InChI=1S/C39H56O11Si/c1-26(40)45-23-32-33(47-27(2)41)34(48-28(3)42)35(49-29(4)43)36(50-32)46-25-38(7,8)24-37(5,6)21-22-39(9,10)51(44,30-17-13-11-14-18-30)31-19-15-12-16-20-31/h11-20,32-36,44H,21-25H2,1-10H3/t32?,33-,34?,35?,36+/m0/s1. The number of hydrogen-bond acceptors (Lipinski definition) is 11. The van der Waals surface area contributed by atoms with Crippen molar-refractivity contribution in [3.05, 3.63) is 60.7 Å². The Labute approximate surface area is 303 Å². The van der Waals surface area contributed by atoms with Crippen molar-refractivity contribution in [3.8, 4) is 0 Å². The van der Waals surface area contributed by atoms with Gasteiger partial charge < -0.3 is 33.2 Å². The van der Waals surface area contributed by atoms with Gasteiger partial charge in [-0.1, -0.05) is 102 Å². The van der Waals surface area contributed by atoms with E-state index in [2.05, 4.69) is 41.5 Å². The molecule has 1 aliphatic rings. The van der Waals surface area contributed by atoms with Gasteiger partial charge in [0.2, 0.25) is 0 Å². The molecule has 0 spiro atoms. The number of carbonyl (C=O) groups is 4. The lowest BCUT2D eigenvalue weighted by Crippen LogP contribution is -2.65. The lowest BCUT2D eigenvalue weighted by Gasteiger charge is -2.45. The Morgan fingerprint density at radius 3 is 1.61 bits per heavy atom. The van der Waals surface area contributed by atoms with Gasteiger partial charge in [0.25, 0.3) is 8.32 Å². The van der Waals surface area contributed by atoms with Crippen molar-refractivity contribution in [1.29, 1.82) is 0 Å². The molecule has 0 radical (unpaired) electrons. The predicted octanol–water partition coefficient (Wildman–Crippen LogP) is 4.84. The first kappa shape index (κ1) is 41.8. The summed E-state index contributed by atoms with van der Waals surface area (Å²) in [5, 5.41) is 1.53. The van der Waals surface area contributed by atoms with E-state index in [1.165, 1.54) is 27.7 Å². The topological polar surface area (TPSA) is 144 Å². The third-order valence-corrected chi connectivity index (χ3v) is 13.9. The van der Waals surface area contributed by atoms with Crippen molar-refractivity contribution < 1.29 is 52.4 Å². The van der Waals surface area contributed by atoms with Crippen LogP contribution in [0.25, 0.3) is 0 Å². The summed E-state index contributed by atoms with van der Waals surface area (Å²) < 4.78 is 34.2. The molecular formula is C39H56O11Si. The van der Waals surface area contributed by atoms with Gasteiger partial charge in [-0.15, -0.1) is 0 Å². The van der Waals surface area contributed by atoms with Crippen LogP contribution in [0.1, 0.15) is 88.5 Å². The van der Waals surface area contributed by atoms with E-state index in [-0.39, 0.29) is 18.6 Å². The van der Waals surface area contributed by atoms with Gasteiger partial charge in [0.15, 0.2) is 24.6 Å². The fourth-order valence-electron chi connectivity index (χ4n) is 7.20. The Hall–Kier alpha value is -3.58. The molecule has 2 aromatic rings. The van der Waals surface area contributed by atoms with E-state index >= 15 is 0 Å². The second-order valence-electron chi connectivity index (χ2n) is 15.7. The minimum absolute atomic E-state index is 0.153. The van der Waals surface area contributed by atoms with Gasteiger partial charge >= 0.3 is 23.9 Å². The highest BCUT2D eigenvalue weighted by atomic mass is 28.4. The normalized spacial score (nSPS) is 21.4. The first-order valence-electron chi connectivity index (χ1n) is 17.4. The van der Waals surface area contributed by atoms with E-state index in [9.17, 15) is 24.0 Å². The number of ether oxygens (including phenoxy) is 6. The van der Waals surface area contributed by atoms with Crippen LogP contribution in [0.4, 0.5) is 0 Å². The van der Waals surface area contributed by atoms with Crippen LogP contribution in [0.15, 0.2) is 60.7 Å². The van der Waals surface area contributed by atoms with Crippen molar-refractivity contribution in [2.75, 3.05) is 13.2 Å². The lowest BCUT2D eigenvalue weighted by molar-refractivity contribution is -0.312. The van der Waals surface area contributed by atoms with Crippen LogP contribution in [0.5, 0.6) is 0 Å². The Morgan fingerprint density at radius 1 is 0.667 bits per heavy atom. The van der Waals surface area contributed by atoms with Crippen LogP contribution in [0.3, 0.4) is 0 Å². The van der Waals surface area contributed by atoms with Gasteiger partial charge in [0.05, 0.1) is 6.61 Å². The van der Waals surface area contributed by atoms with Crippen molar-refractivity contribution in [2.45, 2.75) is 124 Å².